The Bertz CT molecular complexity index is 1690. The van der Waals surface area contributed by atoms with Gasteiger partial charge in [0.2, 0.25) is 5.95 Å². The molecule has 1 atom stereocenters. The van der Waals surface area contributed by atoms with Crippen LogP contribution in [0.1, 0.15) is 40.9 Å². The Hall–Kier alpha value is -4.93. The zero-order valence-electron chi connectivity index (χ0n) is 20.3. The van der Waals surface area contributed by atoms with Crippen molar-refractivity contribution in [2.75, 3.05) is 24.1 Å². The average molecular weight is 525 g/mol. The van der Waals surface area contributed by atoms with Gasteiger partial charge in [-0.05, 0) is 55.7 Å². The van der Waals surface area contributed by atoms with Crippen molar-refractivity contribution in [2.24, 2.45) is 0 Å². The minimum absolute atomic E-state index is 0.0105. The van der Waals surface area contributed by atoms with E-state index in [1.54, 1.807) is 40.6 Å². The molecule has 5 rings (SSSR count). The highest BCUT2D eigenvalue weighted by Crippen LogP contribution is 2.36. The van der Waals surface area contributed by atoms with Gasteiger partial charge in [0.05, 0.1) is 27.9 Å². The second kappa shape index (κ2) is 10.2. The number of hydrogen-bond donors (Lipinski definition) is 2. The Morgan fingerprint density at radius 1 is 1.18 bits per heavy atom. The number of halogens is 1. The van der Waals surface area contributed by atoms with Gasteiger partial charge in [-0.1, -0.05) is 17.5 Å². The van der Waals surface area contributed by atoms with Crippen LogP contribution in [0.25, 0.3) is 16.9 Å². The fraction of sp³-hybridized carbons (Fsp3) is 0.185. The molecule has 188 valence electrons. The molecule has 1 fully saturated rings. The van der Waals surface area contributed by atoms with Crippen molar-refractivity contribution in [3.63, 3.8) is 0 Å². The van der Waals surface area contributed by atoms with E-state index < -0.39 is 5.91 Å². The highest BCUT2D eigenvalue weighted by Gasteiger charge is 2.31. The number of carbonyl (C=O) groups excluding carboxylic acids is 2. The van der Waals surface area contributed by atoms with Crippen molar-refractivity contribution in [1.29, 1.82) is 5.26 Å². The van der Waals surface area contributed by atoms with Crippen LogP contribution < -0.4 is 11.1 Å². The molecule has 0 spiro atoms. The first-order valence-corrected chi connectivity index (χ1v) is 12.1. The molecule has 38 heavy (non-hydrogen) atoms. The molecule has 1 unspecified atom stereocenters. The van der Waals surface area contributed by atoms with Gasteiger partial charge >= 0.3 is 0 Å². The number of nitrogen functional groups attached to an aromatic ring is 1. The molecular formula is C27H21ClN8O2. The lowest BCUT2D eigenvalue weighted by Gasteiger charge is -2.12. The molecule has 1 aliphatic heterocycles. The predicted octanol–water partition coefficient (Wildman–Crippen LogP) is 3.49. The van der Waals surface area contributed by atoms with E-state index in [4.69, 9.17) is 27.6 Å². The van der Waals surface area contributed by atoms with Gasteiger partial charge in [0.25, 0.3) is 11.8 Å². The summed E-state index contributed by atoms with van der Waals surface area (Å²) >= 11 is 6.66. The molecule has 0 saturated carbocycles. The normalized spacial score (nSPS) is 14.6. The molecular weight excluding hydrogens is 504 g/mol. The van der Waals surface area contributed by atoms with Crippen molar-refractivity contribution in [3.05, 3.63) is 70.6 Å². The largest absolute Gasteiger partial charge is 0.369 e. The van der Waals surface area contributed by atoms with Gasteiger partial charge in [-0.25, -0.2) is 15.0 Å². The summed E-state index contributed by atoms with van der Waals surface area (Å²) in [6, 6.07) is 11.7. The summed E-state index contributed by atoms with van der Waals surface area (Å²) in [7, 11) is 0. The Balaban J connectivity index is 1.48. The number of anilines is 2. The first-order chi connectivity index (χ1) is 18.4. The van der Waals surface area contributed by atoms with Crippen LogP contribution in [0.4, 0.5) is 11.8 Å². The van der Waals surface area contributed by atoms with Gasteiger partial charge in [-0.3, -0.25) is 14.0 Å². The van der Waals surface area contributed by atoms with Gasteiger partial charge in [0, 0.05) is 42.5 Å². The zero-order chi connectivity index (χ0) is 26.8. The number of benzene rings is 1. The molecule has 10 nitrogen and oxygen atoms in total. The number of pyridine rings is 1. The molecule has 2 amide bonds. The maximum absolute atomic E-state index is 12.8. The highest BCUT2D eigenvalue weighted by molar-refractivity contribution is 6.33. The molecule has 4 heterocycles. The second-order valence-corrected chi connectivity index (χ2v) is 9.05. The van der Waals surface area contributed by atoms with Gasteiger partial charge in [-0.2, -0.15) is 5.26 Å². The Kier molecular flexibility index (Phi) is 6.65. The molecule has 1 aromatic carbocycles. The van der Waals surface area contributed by atoms with E-state index in [1.165, 1.54) is 18.3 Å². The van der Waals surface area contributed by atoms with Crippen LogP contribution in [0.2, 0.25) is 5.02 Å². The molecule has 0 radical (unpaired) electrons. The van der Waals surface area contributed by atoms with Crippen LogP contribution >= 0.6 is 11.6 Å². The lowest BCUT2D eigenvalue weighted by molar-refractivity contribution is -0.124. The van der Waals surface area contributed by atoms with Crippen LogP contribution in [0.3, 0.4) is 0 Å². The van der Waals surface area contributed by atoms with E-state index in [0.29, 0.717) is 40.6 Å². The average Bonchev–Trinajstić information content (AvgIpc) is 3.55. The minimum Gasteiger partial charge on any atom is -0.369 e. The quantitative estimate of drug-likeness (QED) is 0.389. The predicted molar refractivity (Wildman–Crippen MR) is 142 cm³/mol. The molecule has 4 aromatic rings. The first kappa shape index (κ1) is 24.8. The lowest BCUT2D eigenvalue weighted by atomic mass is 10.0. The third-order valence-electron chi connectivity index (χ3n) is 6.31. The number of nitrogens with two attached hydrogens (primary N) is 1. The van der Waals surface area contributed by atoms with Gasteiger partial charge in [-0.15, -0.1) is 0 Å². The number of nitrogens with one attached hydrogen (secondary N) is 1. The number of rotatable bonds is 4. The first-order valence-electron chi connectivity index (χ1n) is 11.7. The third-order valence-corrected chi connectivity index (χ3v) is 6.62. The highest BCUT2D eigenvalue weighted by atomic mass is 35.5. The summed E-state index contributed by atoms with van der Waals surface area (Å²) < 4.78 is 1.73. The summed E-state index contributed by atoms with van der Waals surface area (Å²) in [4.78, 5) is 40.0. The lowest BCUT2D eigenvalue weighted by Crippen LogP contribution is -2.26. The second-order valence-electron chi connectivity index (χ2n) is 8.65. The molecule has 1 aliphatic rings. The van der Waals surface area contributed by atoms with E-state index in [0.717, 1.165) is 17.6 Å². The topological polar surface area (TPSA) is 142 Å². The molecule has 3 aromatic heterocycles. The van der Waals surface area contributed by atoms with Crippen molar-refractivity contribution in [3.8, 4) is 29.3 Å². The number of nitrogens with zero attached hydrogens (tertiary/aromatic N) is 6. The third kappa shape index (κ3) is 4.61. The molecule has 3 N–H and O–H groups in total. The van der Waals surface area contributed by atoms with E-state index in [2.05, 4.69) is 27.1 Å². The fourth-order valence-electron chi connectivity index (χ4n) is 4.51. The Labute approximate surface area is 223 Å². The fourth-order valence-corrected chi connectivity index (χ4v) is 4.78. The van der Waals surface area contributed by atoms with Crippen LogP contribution in [0.15, 0.2) is 48.8 Å². The van der Waals surface area contributed by atoms with E-state index >= 15 is 0 Å². The molecule has 0 bridgehead atoms. The van der Waals surface area contributed by atoms with Crippen LogP contribution in [-0.2, 0) is 4.79 Å². The van der Waals surface area contributed by atoms with Crippen LogP contribution in [-0.4, -0.2) is 49.2 Å². The molecule has 11 heteroatoms. The number of carbonyl (C=O) groups is 2. The number of amides is 2. The maximum Gasteiger partial charge on any atom is 0.298 e. The number of aromatic nitrogens is 4. The van der Waals surface area contributed by atoms with Crippen molar-refractivity contribution < 1.29 is 9.59 Å². The van der Waals surface area contributed by atoms with Gasteiger partial charge in [0.15, 0.2) is 0 Å². The summed E-state index contributed by atoms with van der Waals surface area (Å²) in [5, 5.41) is 12.0. The number of fused-ring (bicyclic) bond motifs is 1. The SMILES string of the molecule is CC#CC(=O)N1CCC(c2nc(-c3ccc(C(=O)Nc4cc(C#N)ccn4)cc3Cl)n3c(N)nccc23)C1. The number of nitriles is 1. The smallest absolute Gasteiger partial charge is 0.298 e. The van der Waals surface area contributed by atoms with Crippen molar-refractivity contribution in [1.82, 2.24) is 24.3 Å². The van der Waals surface area contributed by atoms with Gasteiger partial charge < -0.3 is 16.0 Å². The van der Waals surface area contributed by atoms with Gasteiger partial charge in [0.1, 0.15) is 11.6 Å². The Morgan fingerprint density at radius 3 is 2.76 bits per heavy atom. The van der Waals surface area contributed by atoms with E-state index in [1.807, 2.05) is 12.1 Å². The monoisotopic (exact) mass is 524 g/mol. The summed E-state index contributed by atoms with van der Waals surface area (Å²) in [5.41, 5.74) is 9.06. The van der Waals surface area contributed by atoms with Crippen molar-refractivity contribution >= 4 is 40.7 Å². The van der Waals surface area contributed by atoms with Crippen LogP contribution in [0.5, 0.6) is 0 Å². The van der Waals surface area contributed by atoms with E-state index in [-0.39, 0.29) is 23.6 Å². The summed E-state index contributed by atoms with van der Waals surface area (Å²) in [6.45, 7) is 2.72. The van der Waals surface area contributed by atoms with Crippen molar-refractivity contribution in [2.45, 2.75) is 19.3 Å². The van der Waals surface area contributed by atoms with E-state index in [9.17, 15) is 9.59 Å². The summed E-state index contributed by atoms with van der Waals surface area (Å²) in [5.74, 6) is 5.58. The summed E-state index contributed by atoms with van der Waals surface area (Å²) in [6.07, 6.45) is 3.80. The molecule has 1 saturated heterocycles. The number of hydrogen-bond acceptors (Lipinski definition) is 7. The standard InChI is InChI=1S/C27H21ClN8O2/c1-2-3-23(37)35-11-8-18(15-35)24-21-7-10-32-27(30)36(21)25(34-24)19-5-4-17(13-20(19)28)26(38)33-22-12-16(14-29)6-9-31-22/h4-7,9-10,12-13,18H,8,11,15H2,1H3,(H2,30,32)(H,31,33,38). The zero-order valence-corrected chi connectivity index (χ0v) is 21.0. The minimum atomic E-state index is -0.429. The van der Waals surface area contributed by atoms with Crippen LogP contribution in [0, 0.1) is 23.2 Å². The number of likely N-dealkylation sites (tertiary alicyclic amines) is 1. The molecule has 0 aliphatic carbocycles. The Morgan fingerprint density at radius 2 is 2.00 bits per heavy atom. The maximum atomic E-state index is 12.8. The number of imidazole rings is 1.